The zero-order valence-electron chi connectivity index (χ0n) is 24.4. The lowest BCUT2D eigenvalue weighted by molar-refractivity contribution is 0.489. The molecule has 2 aliphatic rings. The van der Waals surface area contributed by atoms with Crippen molar-refractivity contribution in [3.63, 3.8) is 0 Å². The van der Waals surface area contributed by atoms with E-state index in [9.17, 15) is 9.65 Å². The molecule has 0 amide bonds. The van der Waals surface area contributed by atoms with Gasteiger partial charge in [0.15, 0.2) is 11.6 Å². The number of halogens is 2. The second-order valence-electron chi connectivity index (χ2n) is 11.5. The van der Waals surface area contributed by atoms with Gasteiger partial charge in [-0.3, -0.25) is 0 Å². The van der Waals surface area contributed by atoms with Crippen LogP contribution in [0.5, 0.6) is 0 Å². The highest BCUT2D eigenvalue weighted by atomic mass is 32.2. The lowest BCUT2D eigenvalue weighted by atomic mass is 9.72. The summed E-state index contributed by atoms with van der Waals surface area (Å²) in [5.41, 5.74) is 9.58. The zero-order valence-corrected chi connectivity index (χ0v) is 26.1. The third-order valence-corrected chi connectivity index (χ3v) is 11.2. The summed E-state index contributed by atoms with van der Waals surface area (Å²) in [5, 5.41) is 9.63. The molecule has 7 heteroatoms. The van der Waals surface area contributed by atoms with E-state index in [0.29, 0.717) is 4.90 Å². The molecule has 3 nitrogen and oxygen atoms in total. The van der Waals surface area contributed by atoms with Crippen molar-refractivity contribution in [1.82, 2.24) is 0 Å². The third-order valence-electron chi connectivity index (χ3n) is 8.59. The van der Waals surface area contributed by atoms with Crippen molar-refractivity contribution in [3.8, 4) is 17.2 Å². The van der Waals surface area contributed by atoms with Crippen molar-refractivity contribution < 1.29 is 8.78 Å². The number of nitriles is 1. The Labute approximate surface area is 264 Å². The van der Waals surface area contributed by atoms with E-state index in [1.807, 2.05) is 24.3 Å². The van der Waals surface area contributed by atoms with Gasteiger partial charge in [0, 0.05) is 25.8 Å². The molecular formula is C37H25F2N3S2. The fourth-order valence-electron chi connectivity index (χ4n) is 6.34. The Morgan fingerprint density at radius 1 is 0.773 bits per heavy atom. The van der Waals surface area contributed by atoms with Gasteiger partial charge in [-0.15, -0.1) is 0 Å². The van der Waals surface area contributed by atoms with Gasteiger partial charge in [0.05, 0.1) is 34.5 Å². The maximum atomic E-state index is 15.0. The van der Waals surface area contributed by atoms with Crippen LogP contribution in [0.3, 0.4) is 0 Å². The van der Waals surface area contributed by atoms with E-state index in [1.165, 1.54) is 45.4 Å². The minimum absolute atomic E-state index is 0.0486. The summed E-state index contributed by atoms with van der Waals surface area (Å²) >= 11 is 2.30. The second kappa shape index (κ2) is 10.3. The van der Waals surface area contributed by atoms with Gasteiger partial charge in [0.2, 0.25) is 5.69 Å². The van der Waals surface area contributed by atoms with Gasteiger partial charge in [-0.05, 0) is 71.5 Å². The molecule has 0 radical (unpaired) electrons. The summed E-state index contributed by atoms with van der Waals surface area (Å²) in [6, 6.07) is 29.3. The van der Waals surface area contributed by atoms with Crippen LogP contribution >= 0.6 is 23.5 Å². The van der Waals surface area contributed by atoms with Gasteiger partial charge >= 0.3 is 0 Å². The minimum atomic E-state index is -1.27. The maximum Gasteiger partial charge on any atom is 0.243 e. The summed E-state index contributed by atoms with van der Waals surface area (Å²) < 4.78 is 29.7. The Hall–Kier alpha value is -4.56. The standard InChI is InChI=1S/C37H25F2N3S2/c1-20-8-6-10-26-33(20)42(34-21(2)9-7-11-27(34)37(26,3)4)24-15-12-22(13-16-24)23-14-17-28-29(18-23)44-36-31(39)30(38)32(41-5)25(19-40)35(36)43-28/h6-18H,1-4H3. The molecule has 0 bridgehead atoms. The van der Waals surface area contributed by atoms with Crippen molar-refractivity contribution in [2.45, 2.75) is 52.7 Å². The predicted octanol–water partition coefficient (Wildman–Crippen LogP) is 11.4. The summed E-state index contributed by atoms with van der Waals surface area (Å²) in [7, 11) is 0. The first-order valence-electron chi connectivity index (χ1n) is 14.1. The number of aryl methyl sites for hydroxylation is 2. The van der Waals surface area contributed by atoms with E-state index in [1.54, 1.807) is 0 Å². The van der Waals surface area contributed by atoms with E-state index < -0.39 is 17.3 Å². The van der Waals surface area contributed by atoms with E-state index in [-0.39, 0.29) is 15.9 Å². The van der Waals surface area contributed by atoms with Crippen molar-refractivity contribution >= 4 is 46.3 Å². The molecule has 5 aromatic rings. The third kappa shape index (κ3) is 4.08. The Morgan fingerprint density at radius 3 is 1.95 bits per heavy atom. The van der Waals surface area contributed by atoms with Crippen molar-refractivity contribution in [2.75, 3.05) is 4.90 Å². The van der Waals surface area contributed by atoms with Gasteiger partial charge in [0.1, 0.15) is 0 Å². The lowest BCUT2D eigenvalue weighted by Crippen LogP contribution is -2.31. The highest BCUT2D eigenvalue weighted by Gasteiger charge is 2.38. The summed E-state index contributed by atoms with van der Waals surface area (Å²) in [6.45, 7) is 16.2. The van der Waals surface area contributed by atoms with Gasteiger partial charge in [-0.25, -0.2) is 13.6 Å². The Kier molecular flexibility index (Phi) is 6.59. The Balaban J connectivity index is 1.29. The van der Waals surface area contributed by atoms with E-state index in [4.69, 9.17) is 6.57 Å². The normalized spacial score (nSPS) is 14.0. The summed E-state index contributed by atoms with van der Waals surface area (Å²) in [5.74, 6) is -2.35. The van der Waals surface area contributed by atoms with Crippen LogP contribution in [0, 0.1) is 43.4 Å². The number of nitrogens with zero attached hydrogens (tertiary/aromatic N) is 3. The molecule has 7 rings (SSSR count). The molecular weight excluding hydrogens is 589 g/mol. The topological polar surface area (TPSA) is 31.4 Å². The molecule has 0 saturated heterocycles. The van der Waals surface area contributed by atoms with E-state index >= 15 is 4.39 Å². The smallest absolute Gasteiger partial charge is 0.243 e. The number of hydrogen-bond acceptors (Lipinski definition) is 4. The maximum absolute atomic E-state index is 15.0. The molecule has 0 aliphatic carbocycles. The summed E-state index contributed by atoms with van der Waals surface area (Å²) in [6.07, 6.45) is 0. The molecule has 2 heterocycles. The molecule has 0 atom stereocenters. The van der Waals surface area contributed by atoms with Gasteiger partial charge in [-0.2, -0.15) is 5.26 Å². The van der Waals surface area contributed by atoms with Crippen LogP contribution < -0.4 is 4.90 Å². The van der Waals surface area contributed by atoms with Gasteiger partial charge < -0.3 is 4.90 Å². The van der Waals surface area contributed by atoms with Crippen molar-refractivity contribution in [3.05, 3.63) is 130 Å². The highest BCUT2D eigenvalue weighted by Crippen LogP contribution is 2.55. The second-order valence-corrected chi connectivity index (χ2v) is 13.7. The number of fused-ring (bicyclic) bond motifs is 4. The number of anilines is 3. The average molecular weight is 614 g/mol. The first kappa shape index (κ1) is 28.2. The van der Waals surface area contributed by atoms with E-state index in [2.05, 4.69) is 98.1 Å². The van der Waals surface area contributed by atoms with Crippen molar-refractivity contribution in [2.24, 2.45) is 0 Å². The van der Waals surface area contributed by atoms with Crippen LogP contribution in [0.1, 0.15) is 41.7 Å². The predicted molar refractivity (Wildman–Crippen MR) is 174 cm³/mol. The lowest BCUT2D eigenvalue weighted by Gasteiger charge is -2.43. The largest absolute Gasteiger partial charge is 0.309 e. The number of benzene rings is 5. The van der Waals surface area contributed by atoms with Gasteiger partial charge in [-0.1, -0.05) is 92.0 Å². The fraction of sp³-hybridized carbons (Fsp3) is 0.135. The molecule has 0 fully saturated rings. The van der Waals surface area contributed by atoms with Crippen LogP contribution in [-0.2, 0) is 5.41 Å². The highest BCUT2D eigenvalue weighted by molar-refractivity contribution is 8.05. The van der Waals surface area contributed by atoms with Crippen LogP contribution in [0.15, 0.2) is 98.4 Å². The number of rotatable bonds is 2. The molecule has 214 valence electrons. The monoisotopic (exact) mass is 613 g/mol. The van der Waals surface area contributed by atoms with Crippen LogP contribution in [0.4, 0.5) is 31.5 Å². The molecule has 0 unspecified atom stereocenters. The Morgan fingerprint density at radius 2 is 1.36 bits per heavy atom. The van der Waals surface area contributed by atoms with Crippen LogP contribution in [-0.4, -0.2) is 0 Å². The Bertz CT molecular complexity index is 2070. The SMILES string of the molecule is [C-]#[N+]c1c(F)c(F)c2c(c1C#N)Sc1ccc(-c3ccc(N4c5c(C)cccc5C(C)(C)c5cccc(C)c54)cc3)cc1S2. The number of para-hydroxylation sites is 2. The van der Waals surface area contributed by atoms with Crippen LogP contribution in [0.2, 0.25) is 0 Å². The average Bonchev–Trinajstić information content (AvgIpc) is 3.03. The van der Waals surface area contributed by atoms with Crippen molar-refractivity contribution in [1.29, 1.82) is 5.26 Å². The number of hydrogen-bond donors (Lipinski definition) is 0. The molecule has 44 heavy (non-hydrogen) atoms. The zero-order chi connectivity index (χ0) is 30.9. The fourth-order valence-corrected chi connectivity index (χ4v) is 8.73. The quantitative estimate of drug-likeness (QED) is 0.182. The summed E-state index contributed by atoms with van der Waals surface area (Å²) in [4.78, 5) is 7.41. The molecule has 0 saturated carbocycles. The first-order valence-corrected chi connectivity index (χ1v) is 15.7. The minimum Gasteiger partial charge on any atom is -0.309 e. The molecule has 0 aromatic heterocycles. The molecule has 0 spiro atoms. The molecule has 5 aromatic carbocycles. The van der Waals surface area contributed by atoms with Crippen LogP contribution in [0.25, 0.3) is 16.0 Å². The van der Waals surface area contributed by atoms with E-state index in [0.717, 1.165) is 38.4 Å². The van der Waals surface area contributed by atoms with Gasteiger partial charge in [0.25, 0.3) is 0 Å². The molecule has 2 aliphatic heterocycles. The first-order chi connectivity index (χ1) is 21.1. The molecule has 0 N–H and O–H groups in total.